The molecule has 1 atom stereocenters. The lowest BCUT2D eigenvalue weighted by Crippen LogP contribution is -2.18. The van der Waals surface area contributed by atoms with E-state index in [2.05, 4.69) is 29.3 Å². The molecule has 3 N–H and O–H groups in total. The molecule has 0 radical (unpaired) electrons. The first-order valence-electron chi connectivity index (χ1n) is 8.95. The summed E-state index contributed by atoms with van der Waals surface area (Å²) >= 11 is 0. The molecule has 0 aliphatic rings. The summed E-state index contributed by atoms with van der Waals surface area (Å²) in [6.45, 7) is 10.1. The molecule has 0 saturated carbocycles. The normalized spacial score (nSPS) is 12.3. The lowest BCUT2D eigenvalue weighted by Gasteiger charge is -2.03. The standard InChI is InChI=1S/C17H21NO.C5H11NO2/c1-13(11-15(3)17(19)18-4)10-14(2)12-16-8-6-5-7-9-16;1-5(8)2-3-6-4-7/h5-11H,2,12H2,1,3-4H3,(H,18,19);4-5,8H,2-3H2,1H3,(H,6,7)/b13-10-,15-11+;. The van der Waals surface area contributed by atoms with Gasteiger partial charge in [0.05, 0.1) is 6.10 Å². The van der Waals surface area contributed by atoms with Crippen LogP contribution in [-0.4, -0.2) is 37.1 Å². The molecule has 0 fully saturated rings. The van der Waals surface area contributed by atoms with Crippen LogP contribution in [0.3, 0.4) is 0 Å². The molecule has 1 unspecified atom stereocenters. The van der Waals surface area contributed by atoms with Crippen LogP contribution in [0.15, 0.2) is 65.8 Å². The molecule has 148 valence electrons. The second-order valence-corrected chi connectivity index (χ2v) is 6.33. The van der Waals surface area contributed by atoms with Crippen LogP contribution in [0, 0.1) is 0 Å². The molecule has 0 aliphatic carbocycles. The Balaban J connectivity index is 0.000000713. The van der Waals surface area contributed by atoms with Gasteiger partial charge in [0.15, 0.2) is 0 Å². The van der Waals surface area contributed by atoms with E-state index in [1.165, 1.54) is 5.56 Å². The van der Waals surface area contributed by atoms with Crippen molar-refractivity contribution in [1.29, 1.82) is 0 Å². The number of allylic oxidation sites excluding steroid dienone is 4. The van der Waals surface area contributed by atoms with Crippen molar-refractivity contribution in [3.05, 3.63) is 71.3 Å². The zero-order valence-electron chi connectivity index (χ0n) is 16.8. The number of rotatable bonds is 9. The first kappa shape index (κ1) is 24.3. The minimum absolute atomic E-state index is 0.0542. The zero-order chi connectivity index (χ0) is 20.7. The fourth-order valence-corrected chi connectivity index (χ4v) is 2.23. The van der Waals surface area contributed by atoms with E-state index in [-0.39, 0.29) is 12.0 Å². The molecule has 0 bridgehead atoms. The van der Waals surface area contributed by atoms with Gasteiger partial charge in [-0.15, -0.1) is 0 Å². The second kappa shape index (κ2) is 14.5. The van der Waals surface area contributed by atoms with Crippen molar-refractivity contribution in [3.8, 4) is 0 Å². The molecular weight excluding hydrogens is 340 g/mol. The van der Waals surface area contributed by atoms with E-state index < -0.39 is 0 Å². The molecule has 2 amide bonds. The number of hydrogen-bond acceptors (Lipinski definition) is 3. The Hall–Kier alpha value is -2.66. The Labute approximate surface area is 162 Å². The molecule has 5 heteroatoms. The van der Waals surface area contributed by atoms with Crippen molar-refractivity contribution in [1.82, 2.24) is 10.6 Å². The number of benzene rings is 1. The average molecular weight is 373 g/mol. The third kappa shape index (κ3) is 13.2. The molecule has 1 aromatic rings. The number of amides is 2. The first-order chi connectivity index (χ1) is 12.8. The predicted molar refractivity (Wildman–Crippen MR) is 111 cm³/mol. The maximum absolute atomic E-state index is 11.4. The predicted octanol–water partition coefficient (Wildman–Crippen LogP) is 2.93. The van der Waals surface area contributed by atoms with Crippen LogP contribution in [-0.2, 0) is 16.0 Å². The van der Waals surface area contributed by atoms with E-state index >= 15 is 0 Å². The molecule has 0 aliphatic heterocycles. The minimum Gasteiger partial charge on any atom is -0.393 e. The second-order valence-electron chi connectivity index (χ2n) is 6.33. The minimum atomic E-state index is -0.317. The lowest BCUT2D eigenvalue weighted by molar-refractivity contribution is -0.117. The summed E-state index contributed by atoms with van der Waals surface area (Å²) in [6.07, 6.45) is 5.64. The van der Waals surface area contributed by atoms with Crippen molar-refractivity contribution in [2.75, 3.05) is 13.6 Å². The summed E-state index contributed by atoms with van der Waals surface area (Å²) in [5.41, 5.74) is 4.00. The monoisotopic (exact) mass is 372 g/mol. The van der Waals surface area contributed by atoms with E-state index in [0.717, 1.165) is 17.6 Å². The summed E-state index contributed by atoms with van der Waals surface area (Å²) < 4.78 is 0. The van der Waals surface area contributed by atoms with Crippen LogP contribution in [0.25, 0.3) is 0 Å². The Bertz CT molecular complexity index is 647. The maximum atomic E-state index is 11.4. The Kier molecular flexibility index (Phi) is 13.1. The van der Waals surface area contributed by atoms with Gasteiger partial charge >= 0.3 is 0 Å². The molecule has 27 heavy (non-hydrogen) atoms. The summed E-state index contributed by atoms with van der Waals surface area (Å²) in [7, 11) is 1.63. The maximum Gasteiger partial charge on any atom is 0.246 e. The van der Waals surface area contributed by atoms with Crippen molar-refractivity contribution in [2.45, 2.75) is 39.7 Å². The molecule has 5 nitrogen and oxygen atoms in total. The fraction of sp³-hybridized carbons (Fsp3) is 0.364. The van der Waals surface area contributed by atoms with E-state index in [1.54, 1.807) is 20.9 Å². The summed E-state index contributed by atoms with van der Waals surface area (Å²) in [6, 6.07) is 10.2. The van der Waals surface area contributed by atoms with Crippen molar-refractivity contribution in [2.24, 2.45) is 0 Å². The van der Waals surface area contributed by atoms with Gasteiger partial charge in [0.2, 0.25) is 12.3 Å². The number of carbonyl (C=O) groups excluding carboxylic acids is 2. The first-order valence-corrected chi connectivity index (χ1v) is 8.95. The molecule has 1 aromatic carbocycles. The van der Waals surface area contributed by atoms with Gasteiger partial charge in [0.1, 0.15) is 0 Å². The number of carbonyl (C=O) groups is 2. The number of hydrogen-bond donors (Lipinski definition) is 3. The fourth-order valence-electron chi connectivity index (χ4n) is 2.23. The topological polar surface area (TPSA) is 78.4 Å². The van der Waals surface area contributed by atoms with Crippen molar-refractivity contribution in [3.63, 3.8) is 0 Å². The van der Waals surface area contributed by atoms with Crippen LogP contribution in [0.1, 0.15) is 32.8 Å². The summed E-state index contributed by atoms with van der Waals surface area (Å²) in [4.78, 5) is 21.0. The molecular formula is C22H32N2O3. The van der Waals surface area contributed by atoms with E-state index in [1.807, 2.05) is 37.3 Å². The average Bonchev–Trinajstić information content (AvgIpc) is 2.62. The van der Waals surface area contributed by atoms with Crippen LogP contribution >= 0.6 is 0 Å². The largest absolute Gasteiger partial charge is 0.393 e. The highest BCUT2D eigenvalue weighted by Gasteiger charge is 2.00. The number of aliphatic hydroxyl groups excluding tert-OH is 1. The van der Waals surface area contributed by atoms with Gasteiger partial charge in [-0.05, 0) is 39.2 Å². The van der Waals surface area contributed by atoms with Crippen LogP contribution in [0.2, 0.25) is 0 Å². The Morgan fingerprint density at radius 2 is 1.85 bits per heavy atom. The molecule has 0 heterocycles. The third-order valence-electron chi connectivity index (χ3n) is 3.52. The molecule has 0 spiro atoms. The van der Waals surface area contributed by atoms with Gasteiger partial charge in [-0.2, -0.15) is 0 Å². The third-order valence-corrected chi connectivity index (χ3v) is 3.52. The Morgan fingerprint density at radius 1 is 1.22 bits per heavy atom. The SMILES string of the molecule is C=C(/C=C(C)\C=C(/C)C(=O)NC)Cc1ccccc1.CC(O)CCNC=O. The lowest BCUT2D eigenvalue weighted by atomic mass is 10.0. The van der Waals surface area contributed by atoms with Gasteiger partial charge in [0, 0.05) is 19.2 Å². The van der Waals surface area contributed by atoms with E-state index in [9.17, 15) is 9.59 Å². The van der Waals surface area contributed by atoms with Gasteiger partial charge in [0.25, 0.3) is 0 Å². The van der Waals surface area contributed by atoms with Gasteiger partial charge in [-0.3, -0.25) is 9.59 Å². The smallest absolute Gasteiger partial charge is 0.246 e. The van der Waals surface area contributed by atoms with Gasteiger partial charge < -0.3 is 15.7 Å². The number of aliphatic hydroxyl groups is 1. The highest BCUT2D eigenvalue weighted by Crippen LogP contribution is 2.11. The highest BCUT2D eigenvalue weighted by atomic mass is 16.3. The van der Waals surface area contributed by atoms with E-state index in [0.29, 0.717) is 24.9 Å². The Morgan fingerprint density at radius 3 is 2.37 bits per heavy atom. The van der Waals surface area contributed by atoms with Crippen molar-refractivity contribution >= 4 is 12.3 Å². The van der Waals surface area contributed by atoms with E-state index in [4.69, 9.17) is 5.11 Å². The highest BCUT2D eigenvalue weighted by molar-refractivity contribution is 5.93. The van der Waals surface area contributed by atoms with Gasteiger partial charge in [-0.25, -0.2) is 0 Å². The molecule has 0 saturated heterocycles. The molecule has 1 rings (SSSR count). The summed E-state index contributed by atoms with van der Waals surface area (Å²) in [5.74, 6) is -0.0542. The van der Waals surface area contributed by atoms with Gasteiger partial charge in [-0.1, -0.05) is 60.2 Å². The zero-order valence-corrected chi connectivity index (χ0v) is 16.8. The number of likely N-dealkylation sites (N-methyl/N-ethyl adjacent to an activating group) is 1. The van der Waals surface area contributed by atoms with Crippen LogP contribution in [0.4, 0.5) is 0 Å². The van der Waals surface area contributed by atoms with Crippen molar-refractivity contribution < 1.29 is 14.7 Å². The summed E-state index contributed by atoms with van der Waals surface area (Å²) in [5, 5.41) is 13.7. The molecule has 0 aromatic heterocycles. The van der Waals surface area contributed by atoms with Crippen LogP contribution in [0.5, 0.6) is 0 Å². The quantitative estimate of drug-likeness (QED) is 0.270. The number of nitrogens with one attached hydrogen (secondary N) is 2. The van der Waals surface area contributed by atoms with Crippen LogP contribution < -0.4 is 10.6 Å².